The van der Waals surface area contributed by atoms with Crippen molar-refractivity contribution in [2.24, 2.45) is 0 Å². The Hall–Kier alpha value is -3.66. The summed E-state index contributed by atoms with van der Waals surface area (Å²) in [6, 6.07) is 14.1. The fourth-order valence-corrected chi connectivity index (χ4v) is 2.17. The summed E-state index contributed by atoms with van der Waals surface area (Å²) in [7, 11) is 0. The van der Waals surface area contributed by atoms with Crippen LogP contribution >= 0.6 is 0 Å². The van der Waals surface area contributed by atoms with Crippen LogP contribution in [0, 0.1) is 18.3 Å². The van der Waals surface area contributed by atoms with E-state index < -0.39 is 0 Å². The average Bonchev–Trinajstić information content (AvgIpc) is 3.13. The van der Waals surface area contributed by atoms with E-state index >= 15 is 0 Å². The number of benzene rings is 1. The van der Waals surface area contributed by atoms with Gasteiger partial charge in [0.2, 0.25) is 5.95 Å². The Morgan fingerprint density at radius 1 is 1.24 bits per heavy atom. The third-order valence-electron chi connectivity index (χ3n) is 3.36. The van der Waals surface area contributed by atoms with Crippen LogP contribution in [0.15, 0.2) is 53.1 Å². The number of aryl methyl sites for hydroxylation is 1. The minimum Gasteiger partial charge on any atom is -0.467 e. The molecule has 1 aromatic carbocycles. The summed E-state index contributed by atoms with van der Waals surface area (Å²) in [4.78, 5) is 20.8. The fourth-order valence-electron chi connectivity index (χ4n) is 2.17. The van der Waals surface area contributed by atoms with Gasteiger partial charge in [-0.1, -0.05) is 0 Å². The Bertz CT molecular complexity index is 912. The predicted molar refractivity (Wildman–Crippen MR) is 91.1 cm³/mol. The first kappa shape index (κ1) is 16.2. The third kappa shape index (κ3) is 4.20. The summed E-state index contributed by atoms with van der Waals surface area (Å²) in [5.41, 5.74) is 2.21. The second-order valence-corrected chi connectivity index (χ2v) is 5.29. The van der Waals surface area contributed by atoms with Crippen LogP contribution in [-0.2, 0) is 6.54 Å². The minimum atomic E-state index is -0.315. The van der Waals surface area contributed by atoms with Crippen molar-refractivity contribution in [2.45, 2.75) is 13.5 Å². The van der Waals surface area contributed by atoms with Gasteiger partial charge in [-0.25, -0.2) is 9.97 Å². The van der Waals surface area contributed by atoms with Crippen LogP contribution in [0.4, 0.5) is 11.6 Å². The highest BCUT2D eigenvalue weighted by atomic mass is 16.3. The van der Waals surface area contributed by atoms with Gasteiger partial charge in [0.25, 0.3) is 5.91 Å². The molecule has 0 atom stereocenters. The number of carbonyl (C=O) groups is 1. The lowest BCUT2D eigenvalue weighted by Crippen LogP contribution is -2.24. The number of furan rings is 1. The van der Waals surface area contributed by atoms with Crippen LogP contribution in [0.5, 0.6) is 0 Å². The van der Waals surface area contributed by atoms with E-state index in [1.807, 2.05) is 0 Å². The molecule has 7 heteroatoms. The number of nitriles is 1. The van der Waals surface area contributed by atoms with E-state index in [1.54, 1.807) is 55.7 Å². The molecule has 0 aliphatic rings. The maximum atomic E-state index is 12.3. The molecule has 3 rings (SSSR count). The van der Waals surface area contributed by atoms with Gasteiger partial charge in [-0.2, -0.15) is 5.26 Å². The smallest absolute Gasteiger partial charge is 0.270 e. The molecule has 3 aromatic rings. The standard InChI is InChI=1S/C18H15N5O2/c1-12-9-16(17(24)20-11-15-3-2-8-25-15)23-18(21-12)22-14-6-4-13(10-19)5-7-14/h2-9H,11H2,1H3,(H,20,24)(H,21,22,23). The Morgan fingerprint density at radius 3 is 2.72 bits per heavy atom. The zero-order valence-electron chi connectivity index (χ0n) is 13.5. The molecule has 124 valence electrons. The third-order valence-corrected chi connectivity index (χ3v) is 3.36. The number of hydrogen-bond acceptors (Lipinski definition) is 6. The molecule has 2 aromatic heterocycles. The number of carbonyl (C=O) groups excluding carboxylic acids is 1. The highest BCUT2D eigenvalue weighted by Crippen LogP contribution is 2.15. The normalized spacial score (nSPS) is 10.1. The molecule has 0 aliphatic carbocycles. The largest absolute Gasteiger partial charge is 0.467 e. The molecule has 0 fully saturated rings. The number of amides is 1. The summed E-state index contributed by atoms with van der Waals surface area (Å²) >= 11 is 0. The van der Waals surface area contributed by atoms with Crippen LogP contribution in [0.1, 0.15) is 27.5 Å². The summed E-state index contributed by atoms with van der Waals surface area (Å²) in [6.07, 6.45) is 1.55. The molecular formula is C18H15N5O2. The van der Waals surface area contributed by atoms with E-state index in [4.69, 9.17) is 9.68 Å². The van der Waals surface area contributed by atoms with E-state index in [2.05, 4.69) is 26.7 Å². The second-order valence-electron chi connectivity index (χ2n) is 5.29. The van der Waals surface area contributed by atoms with Crippen molar-refractivity contribution in [3.05, 3.63) is 71.4 Å². The Morgan fingerprint density at radius 2 is 2.04 bits per heavy atom. The molecule has 0 radical (unpaired) electrons. The first-order chi connectivity index (χ1) is 12.1. The Labute approximate surface area is 144 Å². The molecule has 25 heavy (non-hydrogen) atoms. The average molecular weight is 333 g/mol. The van der Waals surface area contributed by atoms with Gasteiger partial charge in [-0.15, -0.1) is 0 Å². The van der Waals surface area contributed by atoms with Crippen molar-refractivity contribution >= 4 is 17.5 Å². The number of rotatable bonds is 5. The van der Waals surface area contributed by atoms with Crippen molar-refractivity contribution in [2.75, 3.05) is 5.32 Å². The zero-order chi connectivity index (χ0) is 17.6. The highest BCUT2D eigenvalue weighted by molar-refractivity contribution is 5.92. The number of hydrogen-bond donors (Lipinski definition) is 2. The van der Waals surface area contributed by atoms with Crippen molar-refractivity contribution in [3.63, 3.8) is 0 Å². The molecule has 1 amide bonds. The topological polar surface area (TPSA) is 104 Å². The first-order valence-corrected chi connectivity index (χ1v) is 7.57. The minimum absolute atomic E-state index is 0.259. The predicted octanol–water partition coefficient (Wildman–Crippen LogP) is 2.92. The lowest BCUT2D eigenvalue weighted by atomic mass is 10.2. The summed E-state index contributed by atoms with van der Waals surface area (Å²) in [5.74, 6) is 0.660. The number of aromatic nitrogens is 2. The van der Waals surface area contributed by atoms with Crippen LogP contribution in [0.2, 0.25) is 0 Å². The molecular weight excluding hydrogens is 318 g/mol. The van der Waals surface area contributed by atoms with Gasteiger partial charge in [0.1, 0.15) is 11.5 Å². The number of anilines is 2. The van der Waals surface area contributed by atoms with E-state index in [0.717, 1.165) is 5.69 Å². The molecule has 0 aliphatic heterocycles. The van der Waals surface area contributed by atoms with Gasteiger partial charge in [-0.3, -0.25) is 4.79 Å². The molecule has 2 heterocycles. The lowest BCUT2D eigenvalue weighted by molar-refractivity contribution is 0.0943. The van der Waals surface area contributed by atoms with Gasteiger partial charge in [-0.05, 0) is 49.4 Å². The molecule has 0 spiro atoms. The van der Waals surface area contributed by atoms with Gasteiger partial charge < -0.3 is 15.1 Å². The quantitative estimate of drug-likeness (QED) is 0.744. The van der Waals surface area contributed by atoms with Crippen LogP contribution in [0.3, 0.4) is 0 Å². The van der Waals surface area contributed by atoms with Crippen molar-refractivity contribution in [1.82, 2.24) is 15.3 Å². The molecule has 0 bridgehead atoms. The maximum Gasteiger partial charge on any atom is 0.270 e. The Balaban J connectivity index is 1.72. The van der Waals surface area contributed by atoms with Crippen LogP contribution in [0.25, 0.3) is 0 Å². The first-order valence-electron chi connectivity index (χ1n) is 7.57. The van der Waals surface area contributed by atoms with Crippen LogP contribution < -0.4 is 10.6 Å². The monoisotopic (exact) mass is 333 g/mol. The van der Waals surface area contributed by atoms with Gasteiger partial charge in [0, 0.05) is 11.4 Å². The van der Waals surface area contributed by atoms with E-state index in [1.165, 1.54) is 0 Å². The van der Waals surface area contributed by atoms with Crippen molar-refractivity contribution in [1.29, 1.82) is 5.26 Å². The lowest BCUT2D eigenvalue weighted by Gasteiger charge is -2.08. The second kappa shape index (κ2) is 7.27. The van der Waals surface area contributed by atoms with E-state index in [-0.39, 0.29) is 18.1 Å². The van der Waals surface area contributed by atoms with E-state index in [0.29, 0.717) is 23.0 Å². The van der Waals surface area contributed by atoms with Gasteiger partial charge >= 0.3 is 0 Å². The summed E-state index contributed by atoms with van der Waals surface area (Å²) in [6.45, 7) is 2.07. The highest BCUT2D eigenvalue weighted by Gasteiger charge is 2.11. The van der Waals surface area contributed by atoms with Gasteiger partial charge in [0.05, 0.1) is 24.4 Å². The molecule has 2 N–H and O–H groups in total. The summed E-state index contributed by atoms with van der Waals surface area (Å²) < 4.78 is 5.18. The van der Waals surface area contributed by atoms with Gasteiger partial charge in [0.15, 0.2) is 0 Å². The van der Waals surface area contributed by atoms with Crippen LogP contribution in [-0.4, -0.2) is 15.9 Å². The molecule has 0 unspecified atom stereocenters. The fraction of sp³-hybridized carbons (Fsp3) is 0.111. The van der Waals surface area contributed by atoms with Crippen molar-refractivity contribution < 1.29 is 9.21 Å². The molecule has 7 nitrogen and oxygen atoms in total. The number of nitrogens with one attached hydrogen (secondary N) is 2. The zero-order valence-corrected chi connectivity index (χ0v) is 13.5. The molecule has 0 saturated carbocycles. The SMILES string of the molecule is Cc1cc(C(=O)NCc2ccco2)nc(Nc2ccc(C#N)cc2)n1. The maximum absolute atomic E-state index is 12.3. The molecule has 0 saturated heterocycles. The van der Waals surface area contributed by atoms with Crippen molar-refractivity contribution in [3.8, 4) is 6.07 Å². The Kier molecular flexibility index (Phi) is 4.72. The number of nitrogens with zero attached hydrogens (tertiary/aromatic N) is 3. The summed E-state index contributed by atoms with van der Waals surface area (Å²) in [5, 5.41) is 14.6. The van der Waals surface area contributed by atoms with E-state index in [9.17, 15) is 4.79 Å².